The van der Waals surface area contributed by atoms with E-state index in [1.54, 1.807) is 6.92 Å². The number of amides is 1. The summed E-state index contributed by atoms with van der Waals surface area (Å²) in [5.41, 5.74) is 0. The number of rotatable bonds is 0. The molecule has 3 unspecified atom stereocenters. The van der Waals surface area contributed by atoms with E-state index < -0.39 is 0 Å². The van der Waals surface area contributed by atoms with E-state index in [0.717, 1.165) is 12.8 Å². The first-order valence-corrected chi connectivity index (χ1v) is 5.42. The van der Waals surface area contributed by atoms with Crippen molar-refractivity contribution >= 4 is 5.91 Å². The number of likely N-dealkylation sites (tertiary alicyclic amines) is 1. The first-order chi connectivity index (χ1) is 6.74. The van der Waals surface area contributed by atoms with Crippen molar-refractivity contribution in [1.82, 2.24) is 4.90 Å². The monoisotopic (exact) mass is 192 g/mol. The summed E-state index contributed by atoms with van der Waals surface area (Å²) < 4.78 is 0. The van der Waals surface area contributed by atoms with Crippen LogP contribution in [-0.2, 0) is 4.79 Å². The van der Waals surface area contributed by atoms with Crippen LogP contribution in [0.15, 0.2) is 0 Å². The number of nitriles is 1. The standard InChI is InChI=1S/C11H16N2O/c1-8(14)13-10(7-12)6-9-4-2-3-5-11(9)13/h9-11H,2-6H2,1H3. The molecule has 0 aromatic heterocycles. The van der Waals surface area contributed by atoms with Gasteiger partial charge in [0.05, 0.1) is 6.07 Å². The van der Waals surface area contributed by atoms with Gasteiger partial charge in [-0.1, -0.05) is 12.8 Å². The van der Waals surface area contributed by atoms with Gasteiger partial charge in [0.15, 0.2) is 0 Å². The topological polar surface area (TPSA) is 44.1 Å². The fraction of sp³-hybridized carbons (Fsp3) is 0.818. The zero-order chi connectivity index (χ0) is 10.1. The van der Waals surface area contributed by atoms with Crippen LogP contribution in [0.2, 0.25) is 0 Å². The summed E-state index contributed by atoms with van der Waals surface area (Å²) >= 11 is 0. The summed E-state index contributed by atoms with van der Waals surface area (Å²) in [7, 11) is 0. The molecule has 0 aromatic rings. The van der Waals surface area contributed by atoms with Crippen molar-refractivity contribution in [3.63, 3.8) is 0 Å². The quantitative estimate of drug-likeness (QED) is 0.586. The molecule has 0 N–H and O–H groups in total. The summed E-state index contributed by atoms with van der Waals surface area (Å²) in [6.45, 7) is 1.58. The fourth-order valence-electron chi connectivity index (χ4n) is 3.03. The lowest BCUT2D eigenvalue weighted by molar-refractivity contribution is -0.131. The molecule has 2 fully saturated rings. The summed E-state index contributed by atoms with van der Waals surface area (Å²) in [4.78, 5) is 13.3. The smallest absolute Gasteiger partial charge is 0.220 e. The van der Waals surface area contributed by atoms with Crippen molar-refractivity contribution in [2.75, 3.05) is 0 Å². The van der Waals surface area contributed by atoms with Crippen molar-refractivity contribution in [2.45, 2.75) is 51.1 Å². The zero-order valence-corrected chi connectivity index (χ0v) is 8.57. The van der Waals surface area contributed by atoms with Gasteiger partial charge in [0.25, 0.3) is 0 Å². The predicted octanol–water partition coefficient (Wildman–Crippen LogP) is 1.69. The molecule has 1 aliphatic heterocycles. The summed E-state index contributed by atoms with van der Waals surface area (Å²) in [6.07, 6.45) is 5.68. The van der Waals surface area contributed by atoms with E-state index in [1.165, 1.54) is 19.3 Å². The molecule has 0 radical (unpaired) electrons. The van der Waals surface area contributed by atoms with Crippen LogP contribution in [0.1, 0.15) is 39.0 Å². The number of fused-ring (bicyclic) bond motifs is 1. The van der Waals surface area contributed by atoms with Crippen molar-refractivity contribution in [3.05, 3.63) is 0 Å². The highest BCUT2D eigenvalue weighted by Crippen LogP contribution is 2.39. The number of hydrogen-bond donors (Lipinski definition) is 0. The van der Waals surface area contributed by atoms with Crippen molar-refractivity contribution in [3.8, 4) is 6.07 Å². The molecule has 76 valence electrons. The average molecular weight is 192 g/mol. The highest BCUT2D eigenvalue weighted by molar-refractivity contribution is 5.75. The molecule has 2 rings (SSSR count). The molecule has 3 atom stereocenters. The lowest BCUT2D eigenvalue weighted by Crippen LogP contribution is -2.41. The molecule has 14 heavy (non-hydrogen) atoms. The van der Waals surface area contributed by atoms with Crippen LogP contribution in [-0.4, -0.2) is 22.9 Å². The van der Waals surface area contributed by atoms with Crippen LogP contribution in [0.5, 0.6) is 0 Å². The van der Waals surface area contributed by atoms with Gasteiger partial charge in [0.1, 0.15) is 6.04 Å². The van der Waals surface area contributed by atoms with Crippen LogP contribution in [0.25, 0.3) is 0 Å². The Balaban J connectivity index is 2.19. The minimum Gasteiger partial charge on any atom is -0.324 e. The number of carbonyl (C=O) groups excluding carboxylic acids is 1. The zero-order valence-electron chi connectivity index (χ0n) is 8.57. The molecule has 2 aliphatic rings. The van der Waals surface area contributed by atoms with E-state index in [9.17, 15) is 4.79 Å². The molecule has 3 nitrogen and oxygen atoms in total. The number of nitrogens with zero attached hydrogens (tertiary/aromatic N) is 2. The minimum atomic E-state index is -0.152. The Kier molecular flexibility index (Phi) is 2.45. The van der Waals surface area contributed by atoms with Crippen LogP contribution in [0.4, 0.5) is 0 Å². The molecular weight excluding hydrogens is 176 g/mol. The largest absolute Gasteiger partial charge is 0.324 e. The van der Waals surface area contributed by atoms with Gasteiger partial charge in [-0.2, -0.15) is 5.26 Å². The minimum absolute atomic E-state index is 0.0750. The van der Waals surface area contributed by atoms with Gasteiger partial charge in [-0.15, -0.1) is 0 Å². The normalized spacial score (nSPS) is 36.3. The molecule has 1 saturated heterocycles. The summed E-state index contributed by atoms with van der Waals surface area (Å²) in [5.74, 6) is 0.670. The summed E-state index contributed by atoms with van der Waals surface area (Å²) in [6, 6.07) is 2.47. The van der Waals surface area contributed by atoms with E-state index >= 15 is 0 Å². The van der Waals surface area contributed by atoms with Crippen molar-refractivity contribution in [2.24, 2.45) is 5.92 Å². The first kappa shape index (κ1) is 9.51. The molecule has 3 heteroatoms. The third-order valence-corrected chi connectivity index (χ3v) is 3.60. The Labute approximate surface area is 84.7 Å². The van der Waals surface area contributed by atoms with Gasteiger partial charge in [0, 0.05) is 13.0 Å². The Morgan fingerprint density at radius 3 is 2.79 bits per heavy atom. The Bertz CT molecular complexity index is 282. The molecule has 1 heterocycles. The lowest BCUT2D eigenvalue weighted by Gasteiger charge is -2.31. The molecule has 1 amide bonds. The maximum atomic E-state index is 11.4. The number of carbonyl (C=O) groups is 1. The Morgan fingerprint density at radius 1 is 1.43 bits per heavy atom. The SMILES string of the molecule is CC(=O)N1C(C#N)CC2CCCCC21. The highest BCUT2D eigenvalue weighted by Gasteiger charge is 2.43. The maximum absolute atomic E-state index is 11.4. The third-order valence-electron chi connectivity index (χ3n) is 3.60. The van der Waals surface area contributed by atoms with Crippen LogP contribution >= 0.6 is 0 Å². The predicted molar refractivity (Wildman–Crippen MR) is 52.3 cm³/mol. The molecule has 1 aliphatic carbocycles. The average Bonchev–Trinajstić information content (AvgIpc) is 2.55. The maximum Gasteiger partial charge on any atom is 0.220 e. The fourth-order valence-corrected chi connectivity index (χ4v) is 3.03. The van der Waals surface area contributed by atoms with Gasteiger partial charge >= 0.3 is 0 Å². The van der Waals surface area contributed by atoms with E-state index in [0.29, 0.717) is 12.0 Å². The van der Waals surface area contributed by atoms with Crippen LogP contribution in [0, 0.1) is 17.2 Å². The second-order valence-corrected chi connectivity index (χ2v) is 4.42. The van der Waals surface area contributed by atoms with Crippen LogP contribution < -0.4 is 0 Å². The van der Waals surface area contributed by atoms with Crippen molar-refractivity contribution < 1.29 is 4.79 Å². The molecule has 0 spiro atoms. The number of hydrogen-bond acceptors (Lipinski definition) is 2. The second-order valence-electron chi connectivity index (χ2n) is 4.42. The van der Waals surface area contributed by atoms with Gasteiger partial charge in [0.2, 0.25) is 5.91 Å². The third kappa shape index (κ3) is 1.39. The Morgan fingerprint density at radius 2 is 2.14 bits per heavy atom. The Hall–Kier alpha value is -1.04. The molecule has 1 saturated carbocycles. The van der Waals surface area contributed by atoms with E-state index in [-0.39, 0.29) is 11.9 Å². The van der Waals surface area contributed by atoms with Gasteiger partial charge in [-0.25, -0.2) is 0 Å². The van der Waals surface area contributed by atoms with Gasteiger partial charge < -0.3 is 4.90 Å². The second kappa shape index (κ2) is 3.61. The van der Waals surface area contributed by atoms with Crippen LogP contribution in [0.3, 0.4) is 0 Å². The lowest BCUT2D eigenvalue weighted by atomic mass is 9.85. The molecule has 0 bridgehead atoms. The van der Waals surface area contributed by atoms with E-state index in [4.69, 9.17) is 5.26 Å². The molecular formula is C11H16N2O. The van der Waals surface area contributed by atoms with Gasteiger partial charge in [-0.05, 0) is 25.2 Å². The van der Waals surface area contributed by atoms with E-state index in [1.807, 2.05) is 4.90 Å². The van der Waals surface area contributed by atoms with Crippen molar-refractivity contribution in [1.29, 1.82) is 5.26 Å². The molecule has 0 aromatic carbocycles. The summed E-state index contributed by atoms with van der Waals surface area (Å²) in [5, 5.41) is 8.99. The highest BCUT2D eigenvalue weighted by atomic mass is 16.2. The van der Waals surface area contributed by atoms with E-state index in [2.05, 4.69) is 6.07 Å². The first-order valence-electron chi connectivity index (χ1n) is 5.42. The van der Waals surface area contributed by atoms with Gasteiger partial charge in [-0.3, -0.25) is 4.79 Å².